The van der Waals surface area contributed by atoms with Gasteiger partial charge in [0.25, 0.3) is 0 Å². The number of rotatable bonds is 3. The largest absolute Gasteiger partial charge is 0.311 e. The first-order valence-corrected chi connectivity index (χ1v) is 5.60. The maximum Gasteiger partial charge on any atom is 0.201 e. The van der Waals surface area contributed by atoms with Gasteiger partial charge < -0.3 is 9.97 Å². The first kappa shape index (κ1) is 10.2. The van der Waals surface area contributed by atoms with Crippen LogP contribution in [-0.4, -0.2) is 26.5 Å². The lowest BCUT2D eigenvalue weighted by atomic mass is 11.0. The fraction of sp³-hybridized carbons (Fsp3) is 0.400. The molecule has 7 heteroatoms. The van der Waals surface area contributed by atoms with Crippen molar-refractivity contribution in [3.8, 4) is 0 Å². The highest BCUT2D eigenvalue weighted by atomic mass is 32.2. The van der Waals surface area contributed by atoms with Crippen LogP contribution in [0.4, 0.5) is 0 Å². The van der Waals surface area contributed by atoms with E-state index in [0.717, 1.165) is 16.7 Å². The topological polar surface area (TPSA) is 44.5 Å². The van der Waals surface area contributed by atoms with Crippen LogP contribution < -0.4 is 0 Å². The minimum Gasteiger partial charge on any atom is -0.311 e. The van der Waals surface area contributed by atoms with Crippen molar-refractivity contribution in [3.05, 3.63) is 9.54 Å². The van der Waals surface area contributed by atoms with E-state index >= 15 is 0 Å². The zero-order valence-corrected chi connectivity index (χ0v) is 9.38. The summed E-state index contributed by atoms with van der Waals surface area (Å²) >= 11 is 15.4. The average molecular weight is 237 g/mol. The Hall–Kier alpha value is 0.150. The number of aromatic amines is 2. The first-order chi connectivity index (χ1) is 5.72. The molecule has 0 aliphatic rings. The van der Waals surface area contributed by atoms with E-state index in [1.165, 1.54) is 0 Å². The number of nitrogens with zero attached hydrogens (tertiary/aromatic N) is 1. The predicted molar refractivity (Wildman–Crippen MR) is 59.2 cm³/mol. The molecule has 0 atom stereocenters. The van der Waals surface area contributed by atoms with Gasteiger partial charge in [0.2, 0.25) is 4.77 Å². The van der Waals surface area contributed by atoms with Gasteiger partial charge in [-0.2, -0.15) is 17.6 Å². The highest BCUT2D eigenvalue weighted by molar-refractivity contribution is 7.99. The monoisotopic (exact) mass is 237 g/mol. The third kappa shape index (κ3) is 3.26. The van der Waals surface area contributed by atoms with Gasteiger partial charge >= 0.3 is 0 Å². The first-order valence-electron chi connectivity index (χ1n) is 3.16. The van der Waals surface area contributed by atoms with Crippen molar-refractivity contribution >= 4 is 48.8 Å². The summed E-state index contributed by atoms with van der Waals surface area (Å²) in [6, 6.07) is 0. The van der Waals surface area contributed by atoms with E-state index in [1.54, 1.807) is 11.8 Å². The zero-order chi connectivity index (χ0) is 8.97. The fourth-order valence-corrected chi connectivity index (χ4v) is 2.05. The highest BCUT2D eigenvalue weighted by Crippen LogP contribution is 2.10. The molecule has 1 aromatic rings. The molecule has 1 rings (SSSR count). The molecule has 0 aliphatic heterocycles. The van der Waals surface area contributed by atoms with E-state index < -0.39 is 0 Å². The van der Waals surface area contributed by atoms with Gasteiger partial charge in [-0.25, -0.2) is 0 Å². The Bertz CT molecular complexity index is 326. The highest BCUT2D eigenvalue weighted by Gasteiger charge is 1.94. The van der Waals surface area contributed by atoms with Crippen LogP contribution in [-0.2, 0) is 0 Å². The number of nitrogens with one attached hydrogen (secondary N) is 2. The molecule has 0 unspecified atom stereocenters. The average Bonchev–Trinajstić information content (AvgIpc) is 1.99. The maximum atomic E-state index is 4.89. The quantitative estimate of drug-likeness (QED) is 0.428. The number of thiol groups is 1. The Labute approximate surface area is 89.8 Å². The van der Waals surface area contributed by atoms with Crippen LogP contribution in [0.15, 0.2) is 5.16 Å². The molecular weight excluding hydrogens is 230 g/mol. The van der Waals surface area contributed by atoms with Crippen molar-refractivity contribution in [1.82, 2.24) is 15.0 Å². The smallest absolute Gasteiger partial charge is 0.201 e. The lowest BCUT2D eigenvalue weighted by Gasteiger charge is -1.96. The summed E-state index contributed by atoms with van der Waals surface area (Å²) in [5.41, 5.74) is 0. The molecule has 1 heterocycles. The lowest BCUT2D eigenvalue weighted by molar-refractivity contribution is 0.872. The Morgan fingerprint density at radius 1 is 1.42 bits per heavy atom. The summed E-state index contributed by atoms with van der Waals surface area (Å²) in [5, 5.41) is 0.748. The molecule has 0 bridgehead atoms. The van der Waals surface area contributed by atoms with E-state index in [1.807, 2.05) is 0 Å². The normalized spacial score (nSPS) is 10.1. The Kier molecular flexibility index (Phi) is 4.27. The van der Waals surface area contributed by atoms with Gasteiger partial charge in [-0.1, -0.05) is 11.8 Å². The van der Waals surface area contributed by atoms with Crippen LogP contribution in [0.25, 0.3) is 0 Å². The number of aromatic nitrogens is 3. The molecule has 0 fully saturated rings. The zero-order valence-electron chi connectivity index (χ0n) is 6.03. The number of hydrogen-bond acceptors (Lipinski definition) is 5. The van der Waals surface area contributed by atoms with Crippen molar-refractivity contribution in [2.24, 2.45) is 0 Å². The van der Waals surface area contributed by atoms with Crippen LogP contribution in [0.5, 0.6) is 0 Å². The Morgan fingerprint density at radius 3 is 2.75 bits per heavy atom. The van der Waals surface area contributed by atoms with Gasteiger partial charge in [0, 0.05) is 5.75 Å². The van der Waals surface area contributed by atoms with E-state index in [2.05, 4.69) is 27.6 Å². The minimum absolute atomic E-state index is 0.417. The van der Waals surface area contributed by atoms with E-state index in [-0.39, 0.29) is 0 Å². The molecule has 0 aliphatic carbocycles. The summed E-state index contributed by atoms with van der Waals surface area (Å²) in [5.74, 6) is 1.69. The van der Waals surface area contributed by atoms with Gasteiger partial charge in [-0.05, 0) is 30.2 Å². The number of thioether (sulfide) groups is 1. The second-order valence-electron chi connectivity index (χ2n) is 1.87. The van der Waals surface area contributed by atoms with Gasteiger partial charge in [0.1, 0.15) is 0 Å². The number of hydrogen-bond donors (Lipinski definition) is 3. The summed E-state index contributed by atoms with van der Waals surface area (Å²) in [4.78, 5) is 9.65. The molecule has 2 N–H and O–H groups in total. The molecular formula is C5H7N3S4. The second kappa shape index (κ2) is 5.00. The molecule has 1 aromatic heterocycles. The van der Waals surface area contributed by atoms with Crippen molar-refractivity contribution in [2.75, 3.05) is 11.5 Å². The molecule has 12 heavy (non-hydrogen) atoms. The third-order valence-corrected chi connectivity index (χ3v) is 2.77. The molecule has 0 saturated heterocycles. The minimum atomic E-state index is 0.417. The van der Waals surface area contributed by atoms with E-state index in [9.17, 15) is 0 Å². The molecule has 0 radical (unpaired) electrons. The van der Waals surface area contributed by atoms with Gasteiger partial charge in [-0.15, -0.1) is 0 Å². The Balaban J connectivity index is 2.86. The van der Waals surface area contributed by atoms with Crippen LogP contribution in [0.2, 0.25) is 0 Å². The molecule has 0 saturated carbocycles. The van der Waals surface area contributed by atoms with Crippen LogP contribution in [0, 0.1) is 9.54 Å². The summed E-state index contributed by atoms with van der Waals surface area (Å²) < 4.78 is 0.928. The summed E-state index contributed by atoms with van der Waals surface area (Å²) in [6.07, 6.45) is 0. The van der Waals surface area contributed by atoms with Crippen LogP contribution in [0.3, 0.4) is 0 Å². The maximum absolute atomic E-state index is 4.89. The Morgan fingerprint density at radius 2 is 2.17 bits per heavy atom. The van der Waals surface area contributed by atoms with Crippen LogP contribution >= 0.6 is 48.8 Å². The molecule has 0 aromatic carbocycles. The van der Waals surface area contributed by atoms with Crippen molar-refractivity contribution < 1.29 is 0 Å². The summed E-state index contributed by atoms with van der Waals surface area (Å²) in [7, 11) is 0. The standard InChI is InChI=1S/C5H7N3S4/c9-1-2-12-5-7-3(10)6-4(11)8-5/h9H,1-2H2,(H2,6,7,8,10,11). The molecule has 3 nitrogen and oxygen atoms in total. The SMILES string of the molecule is S=c1nc(SCCS)[nH]c(=S)[nH]1. The second-order valence-corrected chi connectivity index (χ2v) is 4.20. The van der Waals surface area contributed by atoms with Crippen molar-refractivity contribution in [3.63, 3.8) is 0 Å². The van der Waals surface area contributed by atoms with Gasteiger partial charge in [0.05, 0.1) is 0 Å². The van der Waals surface area contributed by atoms with Crippen molar-refractivity contribution in [2.45, 2.75) is 5.16 Å². The lowest BCUT2D eigenvalue weighted by Crippen LogP contribution is -1.92. The van der Waals surface area contributed by atoms with Crippen LogP contribution in [0.1, 0.15) is 0 Å². The molecule has 0 amide bonds. The van der Waals surface area contributed by atoms with Gasteiger partial charge in [-0.3, -0.25) is 0 Å². The number of H-pyrrole nitrogens is 2. The predicted octanol–water partition coefficient (Wildman–Crippen LogP) is 2.22. The summed E-state index contributed by atoms with van der Waals surface area (Å²) in [6.45, 7) is 0. The fourth-order valence-electron chi connectivity index (χ4n) is 0.584. The third-order valence-electron chi connectivity index (χ3n) is 0.974. The van der Waals surface area contributed by atoms with Gasteiger partial charge in [0.15, 0.2) is 9.93 Å². The molecule has 0 spiro atoms. The molecule has 66 valence electrons. The van der Waals surface area contributed by atoms with E-state index in [0.29, 0.717) is 9.54 Å². The van der Waals surface area contributed by atoms with Crippen molar-refractivity contribution in [1.29, 1.82) is 0 Å². The van der Waals surface area contributed by atoms with E-state index in [4.69, 9.17) is 24.4 Å².